The van der Waals surface area contributed by atoms with Gasteiger partial charge in [-0.1, -0.05) is 42.5 Å². The molecule has 2 atom stereocenters. The summed E-state index contributed by atoms with van der Waals surface area (Å²) in [6.07, 6.45) is 0.402. The molecule has 2 aromatic rings. The lowest BCUT2D eigenvalue weighted by Crippen LogP contribution is -2.44. The molecule has 6 heteroatoms. The molecule has 0 spiro atoms. The van der Waals surface area contributed by atoms with E-state index in [2.05, 4.69) is 11.9 Å². The van der Waals surface area contributed by atoms with Crippen LogP contribution in [0.4, 0.5) is 5.69 Å². The van der Waals surface area contributed by atoms with E-state index in [0.717, 1.165) is 17.6 Å². The molecule has 0 saturated carbocycles. The van der Waals surface area contributed by atoms with Crippen molar-refractivity contribution in [3.05, 3.63) is 65.7 Å². The maximum Gasteiger partial charge on any atom is 0.256 e. The van der Waals surface area contributed by atoms with Gasteiger partial charge in [0.25, 0.3) is 5.91 Å². The van der Waals surface area contributed by atoms with E-state index < -0.39 is 0 Å². The first-order valence-corrected chi connectivity index (χ1v) is 9.26. The predicted molar refractivity (Wildman–Crippen MR) is 107 cm³/mol. The van der Waals surface area contributed by atoms with E-state index in [1.807, 2.05) is 41.3 Å². The summed E-state index contributed by atoms with van der Waals surface area (Å²) in [6.45, 7) is 5.00. The molecule has 2 aliphatic heterocycles. The molecule has 2 aromatic carbocycles. The fraction of sp³-hybridized carbons (Fsp3) is 0.318. The summed E-state index contributed by atoms with van der Waals surface area (Å²) in [5.41, 5.74) is 3.31. The van der Waals surface area contributed by atoms with Gasteiger partial charge in [0, 0.05) is 19.7 Å². The molecular weight excluding hydrogens is 356 g/mol. The second-order valence-corrected chi connectivity index (χ2v) is 7.08. The van der Waals surface area contributed by atoms with Crippen molar-refractivity contribution in [2.75, 3.05) is 26.1 Å². The molecule has 1 fully saturated rings. The first kappa shape index (κ1) is 18.4. The lowest BCUT2D eigenvalue weighted by atomic mass is 10.1. The van der Waals surface area contributed by atoms with Crippen LogP contribution in [-0.4, -0.2) is 43.8 Å². The molecule has 0 aromatic heterocycles. The average molecular weight is 380 g/mol. The quantitative estimate of drug-likeness (QED) is 0.805. The Morgan fingerprint density at radius 2 is 1.96 bits per heavy atom. The number of nitrogens with zero attached hydrogens (tertiary/aromatic N) is 1. The first-order chi connectivity index (χ1) is 13.6. The van der Waals surface area contributed by atoms with Crippen LogP contribution in [0, 0.1) is 0 Å². The van der Waals surface area contributed by atoms with Crippen molar-refractivity contribution in [2.24, 2.45) is 0 Å². The van der Waals surface area contributed by atoms with Gasteiger partial charge in [0.2, 0.25) is 0 Å². The summed E-state index contributed by atoms with van der Waals surface area (Å²) in [6, 6.07) is 13.4. The summed E-state index contributed by atoms with van der Waals surface area (Å²) in [5.74, 6) is 1.04. The van der Waals surface area contributed by atoms with Gasteiger partial charge in [0.15, 0.2) is 11.5 Å². The van der Waals surface area contributed by atoms with Crippen molar-refractivity contribution in [2.45, 2.75) is 25.3 Å². The minimum Gasteiger partial charge on any atom is -0.493 e. The molecule has 1 saturated heterocycles. The summed E-state index contributed by atoms with van der Waals surface area (Å²) in [7, 11) is 3.22. The lowest BCUT2D eigenvalue weighted by molar-refractivity contribution is 0.0420. The fourth-order valence-corrected chi connectivity index (χ4v) is 3.81. The van der Waals surface area contributed by atoms with Crippen LogP contribution in [0.1, 0.15) is 22.3 Å². The van der Waals surface area contributed by atoms with E-state index in [9.17, 15) is 4.79 Å². The van der Waals surface area contributed by atoms with Gasteiger partial charge >= 0.3 is 0 Å². The van der Waals surface area contributed by atoms with E-state index in [1.54, 1.807) is 20.3 Å². The molecule has 0 aliphatic carbocycles. The molecule has 2 heterocycles. The number of nitrogens with one attached hydrogen (secondary N) is 1. The van der Waals surface area contributed by atoms with Gasteiger partial charge in [-0.2, -0.15) is 0 Å². The molecule has 146 valence electrons. The number of carbonyl (C=O) groups excluding carboxylic acids is 1. The molecule has 2 aliphatic rings. The zero-order chi connectivity index (χ0) is 19.7. The number of hydrogen-bond donors (Lipinski definition) is 1. The van der Waals surface area contributed by atoms with Crippen molar-refractivity contribution in [1.29, 1.82) is 0 Å². The van der Waals surface area contributed by atoms with E-state index in [1.165, 1.54) is 0 Å². The average Bonchev–Trinajstić information content (AvgIpc) is 3.07. The van der Waals surface area contributed by atoms with Gasteiger partial charge in [-0.05, 0) is 18.1 Å². The van der Waals surface area contributed by atoms with Crippen molar-refractivity contribution in [3.8, 4) is 11.5 Å². The SMILES string of the molecule is C=C1C[C@H]2C(OC)Nc3cc(OCc4ccccc4)c(OC)cc3C(=O)N2C1. The molecule has 1 amide bonds. The van der Waals surface area contributed by atoms with Crippen molar-refractivity contribution in [1.82, 2.24) is 4.90 Å². The molecule has 0 bridgehead atoms. The van der Waals surface area contributed by atoms with Crippen molar-refractivity contribution < 1.29 is 19.0 Å². The van der Waals surface area contributed by atoms with E-state index in [4.69, 9.17) is 14.2 Å². The molecule has 1 N–H and O–H groups in total. The molecular formula is C22H24N2O4. The number of hydrogen-bond acceptors (Lipinski definition) is 5. The Labute approximate surface area is 164 Å². The Morgan fingerprint density at radius 3 is 2.68 bits per heavy atom. The van der Waals surface area contributed by atoms with Crippen LogP contribution in [0.25, 0.3) is 0 Å². The summed E-state index contributed by atoms with van der Waals surface area (Å²) >= 11 is 0. The number of anilines is 1. The Hall–Kier alpha value is -2.99. The highest BCUT2D eigenvalue weighted by Crippen LogP contribution is 2.39. The highest BCUT2D eigenvalue weighted by Gasteiger charge is 2.41. The van der Waals surface area contributed by atoms with E-state index in [0.29, 0.717) is 35.9 Å². The van der Waals surface area contributed by atoms with Crippen LogP contribution < -0.4 is 14.8 Å². The highest BCUT2D eigenvalue weighted by atomic mass is 16.5. The third-order valence-electron chi connectivity index (χ3n) is 5.23. The standard InChI is InChI=1S/C22H24N2O4/c1-14-9-18-21(27-3)23-17-11-20(28-13-15-7-5-4-6-8-15)19(26-2)10-16(17)22(25)24(18)12-14/h4-8,10-11,18,21,23H,1,9,12-13H2,2-3H3/t18-,21?/m0/s1. The number of carbonyl (C=O) groups is 1. The van der Waals surface area contributed by atoms with Gasteiger partial charge in [-0.3, -0.25) is 4.79 Å². The van der Waals surface area contributed by atoms with E-state index >= 15 is 0 Å². The minimum atomic E-state index is -0.320. The lowest BCUT2D eigenvalue weighted by Gasteiger charge is -2.27. The second-order valence-electron chi connectivity index (χ2n) is 7.08. The van der Waals surface area contributed by atoms with Crippen LogP contribution in [-0.2, 0) is 11.3 Å². The smallest absolute Gasteiger partial charge is 0.256 e. The zero-order valence-electron chi connectivity index (χ0n) is 16.1. The van der Waals surface area contributed by atoms with Crippen LogP contribution in [0.15, 0.2) is 54.6 Å². The molecule has 4 rings (SSSR count). The van der Waals surface area contributed by atoms with Crippen molar-refractivity contribution in [3.63, 3.8) is 0 Å². The largest absolute Gasteiger partial charge is 0.493 e. The second kappa shape index (κ2) is 7.56. The molecule has 1 unspecified atom stereocenters. The first-order valence-electron chi connectivity index (χ1n) is 9.26. The van der Waals surface area contributed by atoms with Gasteiger partial charge < -0.3 is 24.4 Å². The number of methoxy groups -OCH3 is 2. The minimum absolute atomic E-state index is 0.0568. The normalized spacial score (nSPS) is 20.9. The molecule has 28 heavy (non-hydrogen) atoms. The maximum absolute atomic E-state index is 13.2. The maximum atomic E-state index is 13.2. The number of benzene rings is 2. The fourth-order valence-electron chi connectivity index (χ4n) is 3.81. The highest BCUT2D eigenvalue weighted by molar-refractivity contribution is 6.02. The van der Waals surface area contributed by atoms with Gasteiger partial charge in [0.05, 0.1) is 24.4 Å². The van der Waals surface area contributed by atoms with Crippen LogP contribution in [0.3, 0.4) is 0 Å². The predicted octanol–water partition coefficient (Wildman–Crippen LogP) is 3.44. The van der Waals surface area contributed by atoms with Crippen LogP contribution in [0.5, 0.6) is 11.5 Å². The molecule has 6 nitrogen and oxygen atoms in total. The summed E-state index contributed by atoms with van der Waals surface area (Å²) in [4.78, 5) is 15.0. The topological polar surface area (TPSA) is 60.0 Å². The Bertz CT molecular complexity index is 897. The van der Waals surface area contributed by atoms with Gasteiger partial charge in [-0.25, -0.2) is 0 Å². The Kier molecular flexibility index (Phi) is 4.96. The summed E-state index contributed by atoms with van der Waals surface area (Å²) < 4.78 is 17.1. The number of amides is 1. The van der Waals surface area contributed by atoms with Crippen LogP contribution in [0.2, 0.25) is 0 Å². The van der Waals surface area contributed by atoms with Crippen LogP contribution >= 0.6 is 0 Å². The number of fused-ring (bicyclic) bond motifs is 2. The van der Waals surface area contributed by atoms with Gasteiger partial charge in [-0.15, -0.1) is 0 Å². The third kappa shape index (κ3) is 3.31. The summed E-state index contributed by atoms with van der Waals surface area (Å²) in [5, 5.41) is 3.36. The number of ether oxygens (including phenoxy) is 3. The van der Waals surface area contributed by atoms with E-state index in [-0.39, 0.29) is 18.2 Å². The third-order valence-corrected chi connectivity index (χ3v) is 5.23. The zero-order valence-corrected chi connectivity index (χ0v) is 16.1. The van der Waals surface area contributed by atoms with Gasteiger partial charge in [0.1, 0.15) is 12.8 Å². The monoisotopic (exact) mass is 380 g/mol. The van der Waals surface area contributed by atoms with Crippen molar-refractivity contribution >= 4 is 11.6 Å². The number of rotatable bonds is 5. The Morgan fingerprint density at radius 1 is 1.18 bits per heavy atom. The Balaban J connectivity index is 1.68. The molecule has 0 radical (unpaired) electrons.